The zero-order valence-corrected chi connectivity index (χ0v) is 25.5. The molecule has 1 saturated carbocycles. The Balaban J connectivity index is 3.02. The van der Waals surface area contributed by atoms with Crippen molar-refractivity contribution < 1.29 is 39.8 Å². The summed E-state index contributed by atoms with van der Waals surface area (Å²) in [4.78, 5) is 12.9. The molecule has 1 aliphatic rings. The van der Waals surface area contributed by atoms with Crippen LogP contribution in [0.25, 0.3) is 0 Å². The van der Waals surface area contributed by atoms with Gasteiger partial charge in [0.15, 0.2) is 0 Å². The van der Waals surface area contributed by atoms with Gasteiger partial charge in [0.25, 0.3) is 0 Å². The van der Waals surface area contributed by atoms with E-state index in [9.17, 15) is 30.3 Å². The lowest BCUT2D eigenvalue weighted by molar-refractivity contribution is -0.121. The molecule has 9 nitrogen and oxygen atoms in total. The highest BCUT2D eigenvalue weighted by molar-refractivity contribution is 5.68. The van der Waals surface area contributed by atoms with Gasteiger partial charge in [-0.25, -0.2) is 4.79 Å². The van der Waals surface area contributed by atoms with Crippen LogP contribution in [0.5, 0.6) is 0 Å². The summed E-state index contributed by atoms with van der Waals surface area (Å²) in [6, 6.07) is -0.939. The minimum absolute atomic E-state index is 0.00265. The van der Waals surface area contributed by atoms with Crippen LogP contribution in [-0.4, -0.2) is 86.5 Å². The number of hydrogen-bond acceptors (Lipinski definition) is 8. The third kappa shape index (κ3) is 12.5. The molecule has 0 saturated heterocycles. The predicted octanol–water partition coefficient (Wildman–Crippen LogP) is 3.52. The molecule has 0 spiro atoms. The summed E-state index contributed by atoms with van der Waals surface area (Å²) >= 11 is 0. The van der Waals surface area contributed by atoms with Crippen molar-refractivity contribution in [2.24, 2.45) is 16.2 Å². The molecule has 0 bridgehead atoms. The lowest BCUT2D eigenvalue weighted by Crippen LogP contribution is -2.52. The summed E-state index contributed by atoms with van der Waals surface area (Å²) in [5.41, 5.74) is -1.35. The highest BCUT2D eigenvalue weighted by atomic mass is 16.6. The zero-order valence-electron chi connectivity index (χ0n) is 25.5. The lowest BCUT2D eigenvalue weighted by atomic mass is 9.71. The molecule has 7 atom stereocenters. The Hall–Kier alpha value is -0.970. The fourth-order valence-corrected chi connectivity index (χ4v) is 5.92. The molecule has 0 aromatic rings. The van der Waals surface area contributed by atoms with Gasteiger partial charge in [0, 0.05) is 6.42 Å². The molecule has 0 aromatic heterocycles. The van der Waals surface area contributed by atoms with E-state index in [4.69, 9.17) is 9.47 Å². The highest BCUT2D eigenvalue weighted by Gasteiger charge is 2.39. The maximum Gasteiger partial charge on any atom is 0.408 e. The van der Waals surface area contributed by atoms with Gasteiger partial charge in [-0.3, -0.25) is 0 Å². The smallest absolute Gasteiger partial charge is 0.408 e. The molecule has 7 unspecified atom stereocenters. The van der Waals surface area contributed by atoms with E-state index in [1.165, 1.54) is 0 Å². The average molecular weight is 548 g/mol. The van der Waals surface area contributed by atoms with Crippen LogP contribution in [0.4, 0.5) is 4.79 Å². The van der Waals surface area contributed by atoms with Gasteiger partial charge in [-0.2, -0.15) is 0 Å². The molecular weight excluding hydrogens is 490 g/mol. The fourth-order valence-electron chi connectivity index (χ4n) is 5.92. The average Bonchev–Trinajstić information content (AvgIpc) is 2.80. The first-order valence-electron chi connectivity index (χ1n) is 14.0. The number of carbonyl (C=O) groups is 1. The molecule has 1 fully saturated rings. The van der Waals surface area contributed by atoms with E-state index in [0.29, 0.717) is 25.7 Å². The summed E-state index contributed by atoms with van der Waals surface area (Å²) in [6.07, 6.45) is -4.59. The van der Waals surface area contributed by atoms with Crippen LogP contribution in [0, 0.1) is 16.2 Å². The summed E-state index contributed by atoms with van der Waals surface area (Å²) in [5.74, 6) is 0. The first-order chi connectivity index (χ1) is 17.0. The number of carbonyl (C=O) groups excluding carboxylic acids is 1. The van der Waals surface area contributed by atoms with Crippen LogP contribution in [0.2, 0.25) is 0 Å². The third-order valence-corrected chi connectivity index (χ3v) is 7.05. The second kappa shape index (κ2) is 13.6. The van der Waals surface area contributed by atoms with Crippen LogP contribution in [-0.2, 0) is 9.47 Å². The van der Waals surface area contributed by atoms with E-state index in [2.05, 4.69) is 46.9 Å². The van der Waals surface area contributed by atoms with Crippen molar-refractivity contribution >= 4 is 6.09 Å². The SMILES string of the molecule is CC(C)(C)CC(C)(C)OC(=O)NC(COC1CCCC(O)C(O)C1O)C(O)CC(O)C(C)(C)CC(C)(C)C. The van der Waals surface area contributed by atoms with Crippen molar-refractivity contribution in [3.05, 3.63) is 0 Å². The van der Waals surface area contributed by atoms with Gasteiger partial charge in [0.05, 0.1) is 37.1 Å². The molecule has 0 heterocycles. The quantitative estimate of drug-likeness (QED) is 0.215. The Kier molecular flexibility index (Phi) is 12.5. The number of rotatable bonds is 11. The number of hydrogen-bond donors (Lipinski definition) is 6. The Morgan fingerprint density at radius 1 is 0.868 bits per heavy atom. The Bertz CT molecular complexity index is 727. The van der Waals surface area contributed by atoms with Crippen LogP contribution in [0.15, 0.2) is 0 Å². The minimum atomic E-state index is -1.35. The van der Waals surface area contributed by atoms with E-state index in [0.717, 1.165) is 6.42 Å². The molecular formula is C29H57NO8. The Morgan fingerprint density at radius 2 is 1.42 bits per heavy atom. The molecule has 1 aliphatic carbocycles. The second-order valence-corrected chi connectivity index (χ2v) is 15.0. The van der Waals surface area contributed by atoms with Crippen molar-refractivity contribution in [2.75, 3.05) is 6.61 Å². The van der Waals surface area contributed by atoms with Crippen LogP contribution >= 0.6 is 0 Å². The van der Waals surface area contributed by atoms with Crippen molar-refractivity contribution in [1.82, 2.24) is 5.32 Å². The number of aliphatic hydroxyl groups excluding tert-OH is 5. The van der Waals surface area contributed by atoms with Gasteiger partial charge in [0.1, 0.15) is 17.8 Å². The van der Waals surface area contributed by atoms with Crippen LogP contribution in [0.3, 0.4) is 0 Å². The van der Waals surface area contributed by atoms with Crippen molar-refractivity contribution in [3.8, 4) is 0 Å². The Labute approximate surface area is 230 Å². The van der Waals surface area contributed by atoms with Gasteiger partial charge in [-0.05, 0) is 62.2 Å². The molecule has 1 amide bonds. The second-order valence-electron chi connectivity index (χ2n) is 15.0. The van der Waals surface area contributed by atoms with E-state index < -0.39 is 59.8 Å². The highest BCUT2D eigenvalue weighted by Crippen LogP contribution is 2.37. The Morgan fingerprint density at radius 3 is 1.95 bits per heavy atom. The summed E-state index contributed by atoms with van der Waals surface area (Å²) < 4.78 is 11.6. The molecule has 0 aromatic carbocycles. The molecule has 9 heteroatoms. The number of aliphatic hydroxyl groups is 5. The van der Waals surface area contributed by atoms with Gasteiger partial charge < -0.3 is 40.3 Å². The van der Waals surface area contributed by atoms with Gasteiger partial charge in [-0.15, -0.1) is 0 Å². The molecule has 226 valence electrons. The molecule has 1 rings (SSSR count). The van der Waals surface area contributed by atoms with Gasteiger partial charge in [0.2, 0.25) is 0 Å². The van der Waals surface area contributed by atoms with Crippen molar-refractivity contribution in [2.45, 2.75) is 156 Å². The summed E-state index contributed by atoms with van der Waals surface area (Å²) in [7, 11) is 0. The van der Waals surface area contributed by atoms with Crippen molar-refractivity contribution in [3.63, 3.8) is 0 Å². The van der Waals surface area contributed by atoms with E-state index in [1.807, 2.05) is 27.7 Å². The fraction of sp³-hybridized carbons (Fsp3) is 0.966. The number of nitrogens with one attached hydrogen (secondary N) is 1. The molecule has 0 aliphatic heterocycles. The van der Waals surface area contributed by atoms with Gasteiger partial charge >= 0.3 is 6.09 Å². The molecule has 6 N–H and O–H groups in total. The van der Waals surface area contributed by atoms with E-state index in [-0.39, 0.29) is 23.9 Å². The lowest BCUT2D eigenvalue weighted by Gasteiger charge is -2.38. The normalized spacial score (nSPS) is 26.3. The molecule has 0 radical (unpaired) electrons. The maximum atomic E-state index is 12.9. The third-order valence-electron chi connectivity index (χ3n) is 7.05. The van der Waals surface area contributed by atoms with Crippen LogP contribution < -0.4 is 5.32 Å². The van der Waals surface area contributed by atoms with E-state index in [1.54, 1.807) is 0 Å². The van der Waals surface area contributed by atoms with Gasteiger partial charge in [-0.1, -0.05) is 55.4 Å². The maximum absolute atomic E-state index is 12.9. The van der Waals surface area contributed by atoms with Crippen LogP contribution in [0.1, 0.15) is 108 Å². The number of alkyl carbamates (subject to hydrolysis) is 1. The predicted molar refractivity (Wildman–Crippen MR) is 148 cm³/mol. The summed E-state index contributed by atoms with van der Waals surface area (Å²) in [6.45, 7) is 19.8. The number of ether oxygens (including phenoxy) is 2. The largest absolute Gasteiger partial charge is 0.444 e. The first-order valence-corrected chi connectivity index (χ1v) is 14.0. The standard InChI is InChI=1S/C29H57NO8/c1-26(2,3)16-28(7,8)22(33)14-20(32)18(30-25(36)38-29(9,10)17-27(4,5)6)15-37-21-13-11-12-19(31)23(34)24(21)35/h18-24,31-35H,11-17H2,1-10H3,(H,30,36). The van der Waals surface area contributed by atoms with Crippen molar-refractivity contribution in [1.29, 1.82) is 0 Å². The number of amides is 1. The molecule has 38 heavy (non-hydrogen) atoms. The van der Waals surface area contributed by atoms with E-state index >= 15 is 0 Å². The monoisotopic (exact) mass is 547 g/mol. The minimum Gasteiger partial charge on any atom is -0.444 e. The zero-order chi connectivity index (χ0) is 29.7. The first kappa shape index (κ1) is 35.1. The topological polar surface area (TPSA) is 149 Å². The summed E-state index contributed by atoms with van der Waals surface area (Å²) in [5, 5.41) is 55.5.